The van der Waals surface area contributed by atoms with Crippen molar-refractivity contribution < 1.29 is 38.0 Å². The summed E-state index contributed by atoms with van der Waals surface area (Å²) in [5, 5.41) is 5.24. The molecule has 2 N–H and O–H groups in total. The van der Waals surface area contributed by atoms with E-state index < -0.39 is 12.2 Å². The van der Waals surface area contributed by atoms with Crippen LogP contribution in [0.1, 0.15) is 6.42 Å². The molecule has 0 fully saturated rings. The summed E-state index contributed by atoms with van der Waals surface area (Å²) in [5.74, 6) is 0.741. The summed E-state index contributed by atoms with van der Waals surface area (Å²) in [6.45, 7) is 5.80. The van der Waals surface area contributed by atoms with E-state index in [4.69, 9.17) is 28.4 Å². The summed E-state index contributed by atoms with van der Waals surface area (Å²) >= 11 is 4.22. The van der Waals surface area contributed by atoms with Gasteiger partial charge in [-0.25, -0.2) is 9.59 Å². The predicted octanol–water partition coefficient (Wildman–Crippen LogP) is 0.387. The molecule has 0 atom stereocenters. The van der Waals surface area contributed by atoms with Gasteiger partial charge in [0.25, 0.3) is 0 Å². The zero-order valence-electron chi connectivity index (χ0n) is 18.8. The SMILES string of the molecule is COCCOCCNC(=O)OCCN(CCCS)CCOC(=O)NCCOCCOC. The molecule has 0 radical (unpaired) electrons. The van der Waals surface area contributed by atoms with E-state index in [0.29, 0.717) is 65.8 Å². The van der Waals surface area contributed by atoms with Gasteiger partial charge >= 0.3 is 12.2 Å². The van der Waals surface area contributed by atoms with Gasteiger partial charge in [-0.1, -0.05) is 0 Å². The lowest BCUT2D eigenvalue weighted by molar-refractivity contribution is 0.0688. The smallest absolute Gasteiger partial charge is 0.407 e. The molecule has 0 aromatic rings. The molecule has 0 spiro atoms. The monoisotopic (exact) mass is 469 g/mol. The standard InChI is InChI=1S/C19H39N3O8S/c1-25-13-15-27-9-4-20-18(23)29-11-7-22(6-3-17-31)8-12-30-19(24)21-5-10-28-16-14-26-2/h31H,3-17H2,1-2H3,(H,20,23)(H,21,24). The molecule has 0 heterocycles. The van der Waals surface area contributed by atoms with E-state index in [0.717, 1.165) is 18.7 Å². The minimum absolute atomic E-state index is 0.230. The fourth-order valence-corrected chi connectivity index (χ4v) is 2.35. The van der Waals surface area contributed by atoms with E-state index in [1.807, 2.05) is 0 Å². The Balaban J connectivity index is 3.84. The molecule has 11 nitrogen and oxygen atoms in total. The van der Waals surface area contributed by atoms with Gasteiger partial charge in [0.05, 0.1) is 39.6 Å². The number of ether oxygens (including phenoxy) is 6. The number of thiol groups is 1. The Labute approximate surface area is 190 Å². The molecule has 12 heteroatoms. The lowest BCUT2D eigenvalue weighted by atomic mass is 10.4. The first-order valence-electron chi connectivity index (χ1n) is 10.4. The third kappa shape index (κ3) is 21.7. The molecule has 0 aromatic carbocycles. The molecule has 0 aliphatic heterocycles. The number of carbonyl (C=O) groups is 2. The number of carbonyl (C=O) groups excluding carboxylic acids is 2. The fraction of sp³-hybridized carbons (Fsp3) is 0.895. The lowest BCUT2D eigenvalue weighted by Gasteiger charge is -2.21. The predicted molar refractivity (Wildman–Crippen MR) is 119 cm³/mol. The number of nitrogens with one attached hydrogen (secondary N) is 2. The third-order valence-corrected chi connectivity index (χ3v) is 4.13. The largest absolute Gasteiger partial charge is 0.448 e. The molecule has 2 amide bonds. The van der Waals surface area contributed by atoms with Crippen molar-refractivity contribution in [3.05, 3.63) is 0 Å². The van der Waals surface area contributed by atoms with E-state index in [1.54, 1.807) is 14.2 Å². The second-order valence-corrected chi connectivity index (χ2v) is 6.70. The summed E-state index contributed by atoms with van der Waals surface area (Å²) in [7, 11) is 3.20. The number of methoxy groups -OCH3 is 2. The molecule has 0 aliphatic rings. The normalized spacial score (nSPS) is 10.8. The average molecular weight is 470 g/mol. The molecule has 0 unspecified atom stereocenters. The van der Waals surface area contributed by atoms with Gasteiger partial charge in [-0.05, 0) is 18.7 Å². The van der Waals surface area contributed by atoms with Gasteiger partial charge in [0.15, 0.2) is 0 Å². The highest BCUT2D eigenvalue weighted by Gasteiger charge is 2.09. The van der Waals surface area contributed by atoms with Gasteiger partial charge in [0.1, 0.15) is 13.2 Å². The second kappa shape index (κ2) is 23.4. The Morgan fingerprint density at radius 1 is 0.710 bits per heavy atom. The highest BCUT2D eigenvalue weighted by molar-refractivity contribution is 7.80. The van der Waals surface area contributed by atoms with Crippen LogP contribution in [0.4, 0.5) is 9.59 Å². The first-order valence-corrected chi connectivity index (χ1v) is 11.0. The maximum Gasteiger partial charge on any atom is 0.407 e. The average Bonchev–Trinajstić information content (AvgIpc) is 2.76. The van der Waals surface area contributed by atoms with Crippen LogP contribution in [0.3, 0.4) is 0 Å². The Bertz CT molecular complexity index is 401. The van der Waals surface area contributed by atoms with Crippen LogP contribution in [-0.4, -0.2) is 123 Å². The lowest BCUT2D eigenvalue weighted by Crippen LogP contribution is -2.36. The summed E-state index contributed by atoms with van der Waals surface area (Å²) < 4.78 is 30.6. The van der Waals surface area contributed by atoms with Crippen LogP contribution < -0.4 is 10.6 Å². The van der Waals surface area contributed by atoms with Gasteiger partial charge in [-0.2, -0.15) is 12.6 Å². The van der Waals surface area contributed by atoms with Gasteiger partial charge in [0.2, 0.25) is 0 Å². The minimum atomic E-state index is -0.493. The summed E-state index contributed by atoms with van der Waals surface area (Å²) in [5.41, 5.74) is 0. The number of rotatable bonds is 21. The van der Waals surface area contributed by atoms with Gasteiger partial charge in [-0.3, -0.25) is 4.90 Å². The van der Waals surface area contributed by atoms with Crippen LogP contribution in [-0.2, 0) is 28.4 Å². The summed E-state index contributed by atoms with van der Waals surface area (Å²) in [6.07, 6.45) is -0.111. The number of alkyl carbamates (subject to hydrolysis) is 2. The van der Waals surface area contributed by atoms with E-state index in [-0.39, 0.29) is 13.2 Å². The minimum Gasteiger partial charge on any atom is -0.448 e. The van der Waals surface area contributed by atoms with Crippen molar-refractivity contribution in [1.82, 2.24) is 15.5 Å². The van der Waals surface area contributed by atoms with Crippen molar-refractivity contribution in [2.75, 3.05) is 106 Å². The molecule has 0 rings (SSSR count). The van der Waals surface area contributed by atoms with Crippen LogP contribution in [0.15, 0.2) is 0 Å². The van der Waals surface area contributed by atoms with Crippen LogP contribution >= 0.6 is 12.6 Å². The van der Waals surface area contributed by atoms with Crippen molar-refractivity contribution in [2.24, 2.45) is 0 Å². The van der Waals surface area contributed by atoms with Crippen LogP contribution in [0.2, 0.25) is 0 Å². The molecule has 184 valence electrons. The van der Waals surface area contributed by atoms with Crippen molar-refractivity contribution in [1.29, 1.82) is 0 Å². The van der Waals surface area contributed by atoms with Crippen molar-refractivity contribution in [3.63, 3.8) is 0 Å². The Morgan fingerprint density at radius 2 is 1.19 bits per heavy atom. The Hall–Kier alpha value is -1.31. The van der Waals surface area contributed by atoms with Gasteiger partial charge in [0, 0.05) is 40.4 Å². The first-order chi connectivity index (χ1) is 15.1. The molecular formula is C19H39N3O8S. The second-order valence-electron chi connectivity index (χ2n) is 6.25. The topological polar surface area (TPSA) is 117 Å². The van der Waals surface area contributed by atoms with Gasteiger partial charge in [-0.15, -0.1) is 0 Å². The van der Waals surface area contributed by atoms with Crippen molar-refractivity contribution in [2.45, 2.75) is 6.42 Å². The maximum atomic E-state index is 11.7. The van der Waals surface area contributed by atoms with Crippen molar-refractivity contribution >= 4 is 24.8 Å². The van der Waals surface area contributed by atoms with Crippen LogP contribution in [0.25, 0.3) is 0 Å². The molecule has 0 saturated heterocycles. The van der Waals surface area contributed by atoms with E-state index in [9.17, 15) is 9.59 Å². The quantitative estimate of drug-likeness (QED) is 0.162. The molecular weight excluding hydrogens is 430 g/mol. The summed E-state index contributed by atoms with van der Waals surface area (Å²) in [6, 6.07) is 0. The number of hydrogen-bond donors (Lipinski definition) is 3. The number of amides is 2. The fourth-order valence-electron chi connectivity index (χ4n) is 2.21. The number of hydrogen-bond acceptors (Lipinski definition) is 10. The van der Waals surface area contributed by atoms with E-state index in [1.165, 1.54) is 0 Å². The summed E-state index contributed by atoms with van der Waals surface area (Å²) in [4.78, 5) is 25.4. The van der Waals surface area contributed by atoms with E-state index in [2.05, 4.69) is 28.2 Å². The zero-order valence-corrected chi connectivity index (χ0v) is 19.7. The highest BCUT2D eigenvalue weighted by atomic mass is 32.1. The zero-order chi connectivity index (χ0) is 23.0. The van der Waals surface area contributed by atoms with Crippen molar-refractivity contribution in [3.8, 4) is 0 Å². The Kier molecular flexibility index (Phi) is 22.4. The number of nitrogens with zero attached hydrogens (tertiary/aromatic N) is 1. The van der Waals surface area contributed by atoms with E-state index >= 15 is 0 Å². The molecule has 0 bridgehead atoms. The first kappa shape index (κ1) is 29.7. The maximum absolute atomic E-state index is 11.7. The Morgan fingerprint density at radius 3 is 1.61 bits per heavy atom. The third-order valence-electron chi connectivity index (χ3n) is 3.81. The molecule has 31 heavy (non-hydrogen) atoms. The molecule has 0 aromatic heterocycles. The highest BCUT2D eigenvalue weighted by Crippen LogP contribution is 1.95. The molecule has 0 aliphatic carbocycles. The van der Waals surface area contributed by atoms with Gasteiger partial charge < -0.3 is 39.1 Å². The molecule has 0 saturated carbocycles. The van der Waals surface area contributed by atoms with Crippen LogP contribution in [0.5, 0.6) is 0 Å². The van der Waals surface area contributed by atoms with Crippen LogP contribution in [0, 0.1) is 0 Å².